The summed E-state index contributed by atoms with van der Waals surface area (Å²) in [5, 5.41) is 3.45. The maximum atomic E-state index is 13.0. The van der Waals surface area contributed by atoms with Crippen molar-refractivity contribution in [3.63, 3.8) is 0 Å². The molecule has 1 N–H and O–H groups in total. The van der Waals surface area contributed by atoms with Gasteiger partial charge in [-0.2, -0.15) is 0 Å². The molecule has 0 radical (unpaired) electrons. The summed E-state index contributed by atoms with van der Waals surface area (Å²) in [6, 6.07) is 4.64. The summed E-state index contributed by atoms with van der Waals surface area (Å²) in [7, 11) is -0.831. The van der Waals surface area contributed by atoms with Crippen LogP contribution in [0.25, 0.3) is 0 Å². The van der Waals surface area contributed by atoms with Gasteiger partial charge in [-0.15, -0.1) is 0 Å². The van der Waals surface area contributed by atoms with E-state index < -0.39 is 10.8 Å². The fourth-order valence-electron chi connectivity index (χ4n) is 2.15. The first-order chi connectivity index (χ1) is 7.87. The molecule has 17 heavy (non-hydrogen) atoms. The van der Waals surface area contributed by atoms with Crippen LogP contribution in [0, 0.1) is 5.82 Å². The molecular formula is C12H15BrFNOS. The van der Waals surface area contributed by atoms with Crippen molar-refractivity contribution in [2.45, 2.75) is 25.4 Å². The normalized spacial score (nSPS) is 28.0. The van der Waals surface area contributed by atoms with Crippen LogP contribution in [0.1, 0.15) is 25.5 Å². The van der Waals surface area contributed by atoms with Crippen LogP contribution in [0.2, 0.25) is 0 Å². The van der Waals surface area contributed by atoms with E-state index in [0.29, 0.717) is 11.5 Å². The number of halogens is 2. The quantitative estimate of drug-likeness (QED) is 0.862. The molecule has 0 aliphatic carbocycles. The number of hydrogen-bond acceptors (Lipinski definition) is 2. The third kappa shape index (κ3) is 3.14. The molecule has 0 amide bonds. The van der Waals surface area contributed by atoms with Gasteiger partial charge in [0, 0.05) is 38.4 Å². The van der Waals surface area contributed by atoms with E-state index >= 15 is 0 Å². The topological polar surface area (TPSA) is 29.1 Å². The summed E-state index contributed by atoms with van der Waals surface area (Å²) in [5.74, 6) is 0.965. The minimum absolute atomic E-state index is 0.00885. The number of nitrogens with one attached hydrogen (secondary N) is 1. The molecule has 2 rings (SSSR count). The zero-order chi connectivity index (χ0) is 12.6. The second-order valence-corrected chi connectivity index (χ2v) is 7.35. The lowest BCUT2D eigenvalue weighted by Gasteiger charge is -2.37. The Bertz CT molecular complexity index is 464. The Morgan fingerprint density at radius 3 is 2.82 bits per heavy atom. The molecule has 5 heteroatoms. The van der Waals surface area contributed by atoms with Crippen molar-refractivity contribution in [3.05, 3.63) is 34.1 Å². The molecule has 1 heterocycles. The summed E-state index contributed by atoms with van der Waals surface area (Å²) in [6.45, 7) is 4.07. The van der Waals surface area contributed by atoms with Gasteiger partial charge in [-0.3, -0.25) is 4.21 Å². The second-order valence-electron chi connectivity index (χ2n) is 5.00. The molecule has 0 spiro atoms. The predicted octanol–water partition coefficient (Wildman–Crippen LogP) is 2.76. The first-order valence-corrected chi connectivity index (χ1v) is 7.73. The molecule has 0 saturated carbocycles. The Hall–Kier alpha value is -0.260. The Morgan fingerprint density at radius 2 is 2.24 bits per heavy atom. The highest BCUT2D eigenvalue weighted by atomic mass is 79.9. The average molecular weight is 320 g/mol. The summed E-state index contributed by atoms with van der Waals surface area (Å²) < 4.78 is 25.6. The van der Waals surface area contributed by atoms with Gasteiger partial charge in [0.25, 0.3) is 0 Å². The molecule has 1 fully saturated rings. The van der Waals surface area contributed by atoms with Crippen LogP contribution in [-0.2, 0) is 10.8 Å². The van der Waals surface area contributed by atoms with E-state index in [9.17, 15) is 8.60 Å². The molecule has 1 aliphatic rings. The first kappa shape index (κ1) is 13.2. The minimum atomic E-state index is -0.831. The molecular weight excluding hydrogens is 305 g/mol. The first-order valence-electron chi connectivity index (χ1n) is 5.45. The van der Waals surface area contributed by atoms with Gasteiger partial charge in [-0.05, 0) is 31.5 Å². The summed E-state index contributed by atoms with van der Waals surface area (Å²) in [5.41, 5.74) is 0.814. The highest BCUT2D eigenvalue weighted by molar-refractivity contribution is 9.10. The predicted molar refractivity (Wildman–Crippen MR) is 71.9 cm³/mol. The van der Waals surface area contributed by atoms with Crippen molar-refractivity contribution in [2.75, 3.05) is 11.5 Å². The van der Waals surface area contributed by atoms with E-state index in [0.717, 1.165) is 10.0 Å². The second kappa shape index (κ2) is 4.78. The smallest absolute Gasteiger partial charge is 0.124 e. The van der Waals surface area contributed by atoms with Gasteiger partial charge < -0.3 is 5.32 Å². The lowest BCUT2D eigenvalue weighted by atomic mass is 10.0. The van der Waals surface area contributed by atoms with Crippen molar-refractivity contribution in [3.8, 4) is 0 Å². The van der Waals surface area contributed by atoms with Crippen LogP contribution < -0.4 is 5.32 Å². The molecule has 1 aromatic carbocycles. The zero-order valence-corrected chi connectivity index (χ0v) is 12.2. The fourth-order valence-corrected chi connectivity index (χ4v) is 4.42. The number of benzene rings is 1. The molecule has 1 aromatic rings. The van der Waals surface area contributed by atoms with E-state index in [-0.39, 0.29) is 17.4 Å². The Labute approximate surface area is 112 Å². The van der Waals surface area contributed by atoms with Crippen LogP contribution in [0.3, 0.4) is 0 Å². The standard InChI is InChI=1S/C12H15BrFNOS/c1-12(2)7-17(16)6-11(15-12)9-4-3-8(14)5-10(9)13/h3-5,11,15H,6-7H2,1-2H3. The molecule has 0 aromatic heterocycles. The average Bonchev–Trinajstić information content (AvgIpc) is 2.13. The van der Waals surface area contributed by atoms with Crippen molar-refractivity contribution >= 4 is 26.7 Å². The van der Waals surface area contributed by atoms with Gasteiger partial charge >= 0.3 is 0 Å². The van der Waals surface area contributed by atoms with Gasteiger partial charge in [0.15, 0.2) is 0 Å². The molecule has 2 nitrogen and oxygen atoms in total. The fraction of sp³-hybridized carbons (Fsp3) is 0.500. The van der Waals surface area contributed by atoms with Crippen molar-refractivity contribution < 1.29 is 8.60 Å². The zero-order valence-electron chi connectivity index (χ0n) is 9.80. The highest BCUT2D eigenvalue weighted by Gasteiger charge is 2.32. The third-order valence-corrected chi connectivity index (χ3v) is 5.21. The van der Waals surface area contributed by atoms with Gasteiger partial charge in [0.05, 0.1) is 0 Å². The molecule has 1 aliphatic heterocycles. The van der Waals surface area contributed by atoms with Crippen LogP contribution in [0.5, 0.6) is 0 Å². The maximum absolute atomic E-state index is 13.0. The Morgan fingerprint density at radius 1 is 1.53 bits per heavy atom. The van der Waals surface area contributed by atoms with Crippen LogP contribution in [-0.4, -0.2) is 21.3 Å². The van der Waals surface area contributed by atoms with Gasteiger partial charge in [-0.25, -0.2) is 4.39 Å². The largest absolute Gasteiger partial charge is 0.303 e. The number of hydrogen-bond donors (Lipinski definition) is 1. The van der Waals surface area contributed by atoms with Gasteiger partial charge in [0.2, 0.25) is 0 Å². The van der Waals surface area contributed by atoms with Crippen molar-refractivity contribution in [1.29, 1.82) is 0 Å². The van der Waals surface area contributed by atoms with Crippen LogP contribution >= 0.6 is 15.9 Å². The van der Waals surface area contributed by atoms with Gasteiger partial charge in [-0.1, -0.05) is 22.0 Å². The molecule has 94 valence electrons. The lowest BCUT2D eigenvalue weighted by molar-refractivity contribution is 0.368. The van der Waals surface area contributed by atoms with E-state index in [1.54, 1.807) is 6.07 Å². The maximum Gasteiger partial charge on any atom is 0.124 e. The summed E-state index contributed by atoms with van der Waals surface area (Å²) in [4.78, 5) is 0. The molecule has 2 atom stereocenters. The third-order valence-electron chi connectivity index (χ3n) is 2.78. The van der Waals surface area contributed by atoms with E-state index in [4.69, 9.17) is 0 Å². The number of rotatable bonds is 1. The van der Waals surface area contributed by atoms with Crippen LogP contribution in [0.15, 0.2) is 22.7 Å². The summed E-state index contributed by atoms with van der Waals surface area (Å²) in [6.07, 6.45) is 0. The Balaban J connectivity index is 2.30. The van der Waals surface area contributed by atoms with E-state index in [1.165, 1.54) is 12.1 Å². The lowest BCUT2D eigenvalue weighted by Crippen LogP contribution is -2.52. The molecule has 2 unspecified atom stereocenters. The minimum Gasteiger partial charge on any atom is -0.303 e. The van der Waals surface area contributed by atoms with Crippen molar-refractivity contribution in [1.82, 2.24) is 5.32 Å². The van der Waals surface area contributed by atoms with Gasteiger partial charge in [0.1, 0.15) is 5.82 Å². The SMILES string of the molecule is CC1(C)CS(=O)CC(c2ccc(F)cc2Br)N1. The monoisotopic (exact) mass is 319 g/mol. The molecule has 1 saturated heterocycles. The van der Waals surface area contributed by atoms with Crippen LogP contribution in [0.4, 0.5) is 4.39 Å². The Kier molecular flexibility index (Phi) is 3.71. The van der Waals surface area contributed by atoms with Crippen molar-refractivity contribution in [2.24, 2.45) is 0 Å². The highest BCUT2D eigenvalue weighted by Crippen LogP contribution is 2.29. The molecule has 0 bridgehead atoms. The van der Waals surface area contributed by atoms with E-state index in [1.807, 2.05) is 13.8 Å². The van der Waals surface area contributed by atoms with E-state index in [2.05, 4.69) is 21.2 Å². The summed E-state index contributed by atoms with van der Waals surface area (Å²) >= 11 is 3.36.